The van der Waals surface area contributed by atoms with Gasteiger partial charge in [-0.2, -0.15) is 0 Å². The molecule has 3 rings (SSSR count). The van der Waals surface area contributed by atoms with Crippen LogP contribution in [0.15, 0.2) is 65.6 Å². The topological polar surface area (TPSA) is 58.6 Å². The maximum absolute atomic E-state index is 12.7. The van der Waals surface area contributed by atoms with Crippen LogP contribution in [0.5, 0.6) is 0 Å². The molecule has 2 aromatic rings. The van der Waals surface area contributed by atoms with Crippen LogP contribution in [0.25, 0.3) is 0 Å². The van der Waals surface area contributed by atoms with Gasteiger partial charge in [-0.05, 0) is 17.7 Å². The van der Waals surface area contributed by atoms with Crippen LogP contribution in [-0.4, -0.2) is 46.2 Å². The molecule has 0 amide bonds. The van der Waals surface area contributed by atoms with Crippen LogP contribution in [0.3, 0.4) is 0 Å². The monoisotopic (exact) mass is 346 g/mol. The molecule has 0 spiro atoms. The number of rotatable bonds is 6. The van der Waals surface area contributed by atoms with Gasteiger partial charge in [0, 0.05) is 19.6 Å². The third kappa shape index (κ3) is 4.42. The summed E-state index contributed by atoms with van der Waals surface area (Å²) in [6, 6.07) is 17.9. The summed E-state index contributed by atoms with van der Waals surface area (Å²) in [4.78, 5) is 2.52. The van der Waals surface area contributed by atoms with Gasteiger partial charge in [0.05, 0.1) is 24.2 Å². The first-order valence-corrected chi connectivity index (χ1v) is 9.56. The summed E-state index contributed by atoms with van der Waals surface area (Å²) in [7, 11) is -3.57. The Morgan fingerprint density at radius 1 is 0.958 bits per heavy atom. The van der Waals surface area contributed by atoms with Gasteiger partial charge in [-0.3, -0.25) is 4.90 Å². The van der Waals surface area contributed by atoms with Gasteiger partial charge in [0.1, 0.15) is 0 Å². The minimum atomic E-state index is -3.57. The van der Waals surface area contributed by atoms with Gasteiger partial charge in [-0.25, -0.2) is 13.1 Å². The molecule has 0 unspecified atom stereocenters. The zero-order chi connectivity index (χ0) is 16.8. The number of hydrogen-bond donors (Lipinski definition) is 1. The fraction of sp³-hybridized carbons (Fsp3) is 0.333. The van der Waals surface area contributed by atoms with Crippen molar-refractivity contribution >= 4 is 10.0 Å². The van der Waals surface area contributed by atoms with Gasteiger partial charge < -0.3 is 4.74 Å². The first-order chi connectivity index (χ1) is 11.6. The van der Waals surface area contributed by atoms with Crippen LogP contribution in [0, 0.1) is 0 Å². The van der Waals surface area contributed by atoms with E-state index < -0.39 is 10.0 Å². The highest BCUT2D eigenvalue weighted by Gasteiger charge is 2.24. The third-order valence-corrected chi connectivity index (χ3v) is 5.58. The lowest BCUT2D eigenvalue weighted by molar-refractivity contribution is 0.0345. The summed E-state index contributed by atoms with van der Waals surface area (Å²) in [5.41, 5.74) is 0.962. The number of sulfonamides is 1. The maximum Gasteiger partial charge on any atom is 0.241 e. The van der Waals surface area contributed by atoms with Crippen molar-refractivity contribution in [1.29, 1.82) is 0 Å². The van der Waals surface area contributed by atoms with E-state index in [-0.39, 0.29) is 10.9 Å². The van der Waals surface area contributed by atoms with Crippen molar-refractivity contribution in [2.75, 3.05) is 32.8 Å². The summed E-state index contributed by atoms with van der Waals surface area (Å²) in [5.74, 6) is 0. The first-order valence-electron chi connectivity index (χ1n) is 8.07. The van der Waals surface area contributed by atoms with Gasteiger partial charge in [0.25, 0.3) is 0 Å². The number of benzene rings is 2. The Morgan fingerprint density at radius 2 is 1.54 bits per heavy atom. The van der Waals surface area contributed by atoms with Crippen molar-refractivity contribution in [3.63, 3.8) is 0 Å². The molecule has 128 valence electrons. The molecule has 0 saturated carbocycles. The van der Waals surface area contributed by atoms with Crippen molar-refractivity contribution < 1.29 is 13.2 Å². The Hall–Kier alpha value is -1.73. The molecule has 1 aliphatic rings. The standard InChI is InChI=1S/C18H22N2O3S/c21-24(22,17-9-5-2-6-10-17)19-18(16-7-3-1-4-8-16)15-20-11-13-23-14-12-20/h1-10,18-19H,11-15H2/t18-/m0/s1. The number of hydrogen-bond acceptors (Lipinski definition) is 4. The molecule has 0 aliphatic carbocycles. The van der Waals surface area contributed by atoms with E-state index in [9.17, 15) is 8.42 Å². The first kappa shape index (κ1) is 17.1. The Morgan fingerprint density at radius 3 is 2.17 bits per heavy atom. The largest absolute Gasteiger partial charge is 0.379 e. The molecule has 0 radical (unpaired) electrons. The van der Waals surface area contributed by atoms with Gasteiger partial charge in [0.15, 0.2) is 0 Å². The van der Waals surface area contributed by atoms with E-state index in [4.69, 9.17) is 4.74 Å². The molecule has 0 aromatic heterocycles. The number of ether oxygens (including phenoxy) is 1. The van der Waals surface area contributed by atoms with Crippen LogP contribution in [0.2, 0.25) is 0 Å². The molecule has 1 N–H and O–H groups in total. The fourth-order valence-electron chi connectivity index (χ4n) is 2.79. The van der Waals surface area contributed by atoms with Gasteiger partial charge >= 0.3 is 0 Å². The highest BCUT2D eigenvalue weighted by Crippen LogP contribution is 2.19. The van der Waals surface area contributed by atoms with Crippen molar-refractivity contribution in [3.8, 4) is 0 Å². The number of nitrogens with one attached hydrogen (secondary N) is 1. The second kappa shape index (κ2) is 7.90. The summed E-state index contributed by atoms with van der Waals surface area (Å²) < 4.78 is 33.6. The molecule has 1 fully saturated rings. The summed E-state index contributed by atoms with van der Waals surface area (Å²) in [6.45, 7) is 3.63. The van der Waals surface area contributed by atoms with Crippen LogP contribution < -0.4 is 4.72 Å². The van der Waals surface area contributed by atoms with Crippen LogP contribution in [0.4, 0.5) is 0 Å². The molecule has 1 heterocycles. The molecular weight excluding hydrogens is 324 g/mol. The highest BCUT2D eigenvalue weighted by molar-refractivity contribution is 7.89. The molecule has 6 heteroatoms. The molecule has 0 bridgehead atoms. The zero-order valence-electron chi connectivity index (χ0n) is 13.5. The van der Waals surface area contributed by atoms with E-state index in [2.05, 4.69) is 9.62 Å². The number of nitrogens with zero attached hydrogens (tertiary/aromatic N) is 1. The lowest BCUT2D eigenvalue weighted by Gasteiger charge is -2.31. The molecular formula is C18H22N2O3S. The molecule has 1 atom stereocenters. The Labute approximate surface area is 143 Å². The second-order valence-electron chi connectivity index (χ2n) is 5.81. The molecule has 5 nitrogen and oxygen atoms in total. The normalized spacial score (nSPS) is 17.5. The quantitative estimate of drug-likeness (QED) is 0.870. The third-order valence-electron chi connectivity index (χ3n) is 4.10. The van der Waals surface area contributed by atoms with Crippen molar-refractivity contribution in [3.05, 3.63) is 66.2 Å². The molecule has 2 aromatic carbocycles. The van der Waals surface area contributed by atoms with Crippen molar-refractivity contribution in [1.82, 2.24) is 9.62 Å². The van der Waals surface area contributed by atoms with E-state index in [1.807, 2.05) is 30.3 Å². The van der Waals surface area contributed by atoms with Crippen LogP contribution in [0.1, 0.15) is 11.6 Å². The summed E-state index contributed by atoms with van der Waals surface area (Å²) in [5, 5.41) is 0. The Kier molecular flexibility index (Phi) is 5.63. The Bertz CT molecular complexity index is 729. The zero-order valence-corrected chi connectivity index (χ0v) is 14.3. The molecule has 24 heavy (non-hydrogen) atoms. The van der Waals surface area contributed by atoms with Gasteiger partial charge in [-0.15, -0.1) is 0 Å². The lowest BCUT2D eigenvalue weighted by atomic mass is 10.1. The average Bonchev–Trinajstić information content (AvgIpc) is 2.63. The smallest absolute Gasteiger partial charge is 0.241 e. The van der Waals surface area contributed by atoms with Gasteiger partial charge in [0.2, 0.25) is 10.0 Å². The Balaban J connectivity index is 1.82. The second-order valence-corrected chi connectivity index (χ2v) is 7.52. The number of morpholine rings is 1. The lowest BCUT2D eigenvalue weighted by Crippen LogP contribution is -2.43. The summed E-state index contributed by atoms with van der Waals surface area (Å²) >= 11 is 0. The van der Waals surface area contributed by atoms with E-state index in [1.165, 1.54) is 0 Å². The van der Waals surface area contributed by atoms with E-state index in [0.717, 1.165) is 18.7 Å². The minimum absolute atomic E-state index is 0.285. The van der Waals surface area contributed by atoms with Gasteiger partial charge in [-0.1, -0.05) is 48.5 Å². The van der Waals surface area contributed by atoms with E-state index >= 15 is 0 Å². The fourth-order valence-corrected chi connectivity index (χ4v) is 4.03. The predicted molar refractivity (Wildman–Crippen MR) is 93.2 cm³/mol. The predicted octanol–water partition coefficient (Wildman–Crippen LogP) is 2.04. The van der Waals surface area contributed by atoms with Crippen LogP contribution in [-0.2, 0) is 14.8 Å². The van der Waals surface area contributed by atoms with Crippen molar-refractivity contribution in [2.24, 2.45) is 0 Å². The molecule has 1 saturated heterocycles. The maximum atomic E-state index is 12.7. The SMILES string of the molecule is O=S(=O)(N[C@@H](CN1CCOCC1)c1ccccc1)c1ccccc1. The van der Waals surface area contributed by atoms with Crippen molar-refractivity contribution in [2.45, 2.75) is 10.9 Å². The van der Waals surface area contributed by atoms with Crippen LogP contribution >= 0.6 is 0 Å². The van der Waals surface area contributed by atoms with E-state index in [0.29, 0.717) is 19.8 Å². The summed E-state index contributed by atoms with van der Waals surface area (Å²) in [6.07, 6.45) is 0. The van der Waals surface area contributed by atoms with E-state index in [1.54, 1.807) is 30.3 Å². The molecule has 1 aliphatic heterocycles. The minimum Gasteiger partial charge on any atom is -0.379 e. The highest BCUT2D eigenvalue weighted by atomic mass is 32.2. The average molecular weight is 346 g/mol.